The average molecular weight is 354 g/mol. The number of H-pyrrole nitrogens is 1. The van der Waals surface area contributed by atoms with Crippen LogP contribution in [0.2, 0.25) is 0 Å². The Morgan fingerprint density at radius 2 is 1.92 bits per heavy atom. The molecule has 1 aliphatic carbocycles. The third-order valence-corrected chi connectivity index (χ3v) is 4.04. The van der Waals surface area contributed by atoms with Crippen molar-refractivity contribution in [3.63, 3.8) is 0 Å². The Labute approximate surface area is 147 Å². The molecule has 4 rings (SSSR count). The van der Waals surface area contributed by atoms with Crippen LogP contribution < -0.4 is 10.3 Å². The molecule has 6 nitrogen and oxygen atoms in total. The van der Waals surface area contributed by atoms with Crippen molar-refractivity contribution >= 4 is 11.7 Å². The lowest BCUT2D eigenvalue weighted by molar-refractivity contribution is -0.383. The predicted molar refractivity (Wildman–Crippen MR) is 88.5 cm³/mol. The Hall–Kier alpha value is -3.29. The second kappa shape index (κ2) is 6.55. The van der Waals surface area contributed by atoms with E-state index in [1.165, 1.54) is 12.4 Å². The van der Waals surface area contributed by atoms with Gasteiger partial charge in [-0.2, -0.15) is 8.78 Å². The summed E-state index contributed by atoms with van der Waals surface area (Å²) in [6, 6.07) is 3.39. The Balaban J connectivity index is 1.84. The van der Waals surface area contributed by atoms with E-state index < -0.39 is 11.6 Å². The minimum atomic E-state index is -0.792. The largest absolute Gasteiger partial charge is 0.309 e. The maximum atomic E-state index is 14.2. The number of carbonyl (C=O) groups is 1. The number of halogens is 2. The zero-order valence-corrected chi connectivity index (χ0v) is 13.5. The third-order valence-electron chi connectivity index (χ3n) is 4.04. The number of pyridine rings is 2. The molecule has 1 amide bonds. The van der Waals surface area contributed by atoms with Gasteiger partial charge in [0.15, 0.2) is 17.5 Å². The van der Waals surface area contributed by atoms with Crippen molar-refractivity contribution in [3.05, 3.63) is 54.8 Å². The first-order valence-corrected chi connectivity index (χ1v) is 8.07. The molecule has 1 saturated carbocycles. The summed E-state index contributed by atoms with van der Waals surface area (Å²) in [7, 11) is 0. The monoisotopic (exact) mass is 354 g/mol. The fraction of sp³-hybridized carbons (Fsp3) is 0.167. The maximum Gasteiger partial charge on any atom is 0.228 e. The standard InChI is InChI=1S/C18H13F2N5O/c19-12-7-22-8-13(20)15(12)17-16(11-2-1-5-21-6-11)24-14(9-23-17)25-18(26)10-3-4-10/h1-2,5-10H,3-4H2,(H,24,25,26)/p+1. The van der Waals surface area contributed by atoms with Crippen molar-refractivity contribution in [2.45, 2.75) is 12.8 Å². The summed E-state index contributed by atoms with van der Waals surface area (Å²) in [4.78, 5) is 26.9. The molecule has 26 heavy (non-hydrogen) atoms. The topological polar surface area (TPSA) is 81.9 Å². The second-order valence-electron chi connectivity index (χ2n) is 5.98. The molecule has 0 radical (unpaired) electrons. The van der Waals surface area contributed by atoms with Gasteiger partial charge in [-0.1, -0.05) is 0 Å². The summed E-state index contributed by atoms with van der Waals surface area (Å²) in [5, 5.41) is 2.70. The molecule has 0 saturated heterocycles. The summed E-state index contributed by atoms with van der Waals surface area (Å²) in [5.41, 5.74) is 0.501. The lowest BCUT2D eigenvalue weighted by Crippen LogP contribution is -2.15. The van der Waals surface area contributed by atoms with Crippen LogP contribution in [0, 0.1) is 17.6 Å². The Bertz CT molecular complexity index is 956. The molecule has 8 heteroatoms. The summed E-state index contributed by atoms with van der Waals surface area (Å²) in [6.45, 7) is 0. The van der Waals surface area contributed by atoms with Gasteiger partial charge >= 0.3 is 0 Å². The van der Waals surface area contributed by atoms with Crippen molar-refractivity contribution in [1.82, 2.24) is 15.0 Å². The highest BCUT2D eigenvalue weighted by atomic mass is 19.1. The predicted octanol–water partition coefficient (Wildman–Crippen LogP) is 2.65. The van der Waals surface area contributed by atoms with Gasteiger partial charge in [0.25, 0.3) is 0 Å². The number of nitrogens with one attached hydrogen (secondary N) is 2. The van der Waals surface area contributed by atoms with Gasteiger partial charge in [-0.25, -0.2) is 15.0 Å². The van der Waals surface area contributed by atoms with E-state index >= 15 is 0 Å². The van der Waals surface area contributed by atoms with Gasteiger partial charge in [0.1, 0.15) is 11.4 Å². The molecule has 130 valence electrons. The van der Waals surface area contributed by atoms with Crippen LogP contribution >= 0.6 is 0 Å². The van der Waals surface area contributed by atoms with E-state index in [9.17, 15) is 13.6 Å². The minimum absolute atomic E-state index is 0.00197. The number of nitrogens with zero attached hydrogens (tertiary/aromatic N) is 3. The highest BCUT2D eigenvalue weighted by Gasteiger charge is 2.30. The number of hydrogen-bond acceptors (Lipinski definition) is 4. The maximum absolute atomic E-state index is 14.2. The van der Waals surface area contributed by atoms with Gasteiger partial charge in [-0.15, -0.1) is 0 Å². The molecular formula is C18H14F2N5O+. The second-order valence-corrected chi connectivity index (χ2v) is 5.98. The van der Waals surface area contributed by atoms with Crippen molar-refractivity contribution in [2.75, 3.05) is 5.32 Å². The van der Waals surface area contributed by atoms with E-state index in [0.29, 0.717) is 5.56 Å². The van der Waals surface area contributed by atoms with Crippen LogP contribution in [0.1, 0.15) is 12.8 Å². The third kappa shape index (κ3) is 3.13. The van der Waals surface area contributed by atoms with Gasteiger partial charge in [-0.3, -0.25) is 9.78 Å². The molecule has 2 N–H and O–H groups in total. The molecule has 0 bridgehead atoms. The number of carbonyl (C=O) groups excluding carboxylic acids is 1. The van der Waals surface area contributed by atoms with E-state index in [4.69, 9.17) is 0 Å². The molecule has 1 fully saturated rings. The summed E-state index contributed by atoms with van der Waals surface area (Å²) >= 11 is 0. The summed E-state index contributed by atoms with van der Waals surface area (Å²) in [5.74, 6) is -1.49. The Kier molecular flexibility index (Phi) is 4.08. The van der Waals surface area contributed by atoms with Gasteiger partial charge in [0, 0.05) is 23.9 Å². The Morgan fingerprint density at radius 3 is 2.58 bits per heavy atom. The Morgan fingerprint density at radius 1 is 1.15 bits per heavy atom. The smallest absolute Gasteiger partial charge is 0.228 e. The first-order valence-electron chi connectivity index (χ1n) is 8.07. The highest BCUT2D eigenvalue weighted by molar-refractivity contribution is 5.93. The van der Waals surface area contributed by atoms with Crippen LogP contribution in [-0.2, 0) is 4.79 Å². The zero-order chi connectivity index (χ0) is 18.1. The quantitative estimate of drug-likeness (QED) is 0.781. The van der Waals surface area contributed by atoms with Crippen LogP contribution in [0.5, 0.6) is 0 Å². The lowest BCUT2D eigenvalue weighted by Gasteiger charge is -2.11. The van der Waals surface area contributed by atoms with Gasteiger partial charge < -0.3 is 5.32 Å². The SMILES string of the molecule is O=C(Nc1cnc(-c2c(F)c[nH+]cc2F)c(-c2cccnc2)n1)C1CC1. The van der Waals surface area contributed by atoms with Crippen LogP contribution in [-0.4, -0.2) is 20.9 Å². The van der Waals surface area contributed by atoms with Crippen LogP contribution in [0.25, 0.3) is 22.5 Å². The van der Waals surface area contributed by atoms with Gasteiger partial charge in [-0.05, 0) is 25.0 Å². The molecule has 1 aliphatic rings. The normalized spacial score (nSPS) is 13.5. The van der Waals surface area contributed by atoms with E-state index in [1.54, 1.807) is 18.3 Å². The number of amides is 1. The number of hydrogen-bond donors (Lipinski definition) is 1. The molecule has 3 heterocycles. The lowest BCUT2D eigenvalue weighted by atomic mass is 10.1. The first kappa shape index (κ1) is 16.2. The number of aromatic amines is 1. The van der Waals surface area contributed by atoms with E-state index in [-0.39, 0.29) is 34.6 Å². The van der Waals surface area contributed by atoms with Crippen molar-refractivity contribution in [3.8, 4) is 22.5 Å². The molecular weight excluding hydrogens is 340 g/mol. The molecule has 0 aromatic carbocycles. The van der Waals surface area contributed by atoms with E-state index in [2.05, 4.69) is 25.3 Å². The molecule has 0 unspecified atom stereocenters. The van der Waals surface area contributed by atoms with Gasteiger partial charge in [0.05, 0.1) is 11.8 Å². The average Bonchev–Trinajstić information content (AvgIpc) is 3.48. The highest BCUT2D eigenvalue weighted by Crippen LogP contribution is 2.33. The molecule has 0 atom stereocenters. The fourth-order valence-corrected chi connectivity index (χ4v) is 2.58. The van der Waals surface area contributed by atoms with Crippen molar-refractivity contribution in [2.24, 2.45) is 5.92 Å². The van der Waals surface area contributed by atoms with Crippen LogP contribution in [0.4, 0.5) is 14.6 Å². The number of aromatic nitrogens is 4. The van der Waals surface area contributed by atoms with Gasteiger partial charge in [0.2, 0.25) is 18.3 Å². The molecule has 3 aromatic heterocycles. The zero-order valence-electron chi connectivity index (χ0n) is 13.5. The van der Waals surface area contributed by atoms with Crippen molar-refractivity contribution < 1.29 is 18.6 Å². The first-order chi connectivity index (χ1) is 12.6. The summed E-state index contributed by atoms with van der Waals surface area (Å²) in [6.07, 6.45) is 8.17. The van der Waals surface area contributed by atoms with Crippen LogP contribution in [0.3, 0.4) is 0 Å². The molecule has 3 aromatic rings. The number of anilines is 1. The van der Waals surface area contributed by atoms with Crippen molar-refractivity contribution in [1.29, 1.82) is 0 Å². The summed E-state index contributed by atoms with van der Waals surface area (Å²) < 4.78 is 28.5. The molecule has 0 spiro atoms. The fourth-order valence-electron chi connectivity index (χ4n) is 2.58. The number of rotatable bonds is 4. The van der Waals surface area contributed by atoms with E-state index in [0.717, 1.165) is 25.2 Å². The molecule has 0 aliphatic heterocycles. The van der Waals surface area contributed by atoms with Crippen LogP contribution in [0.15, 0.2) is 43.1 Å². The van der Waals surface area contributed by atoms with E-state index in [1.807, 2.05) is 0 Å². The minimum Gasteiger partial charge on any atom is -0.309 e.